The summed E-state index contributed by atoms with van der Waals surface area (Å²) in [4.78, 5) is 8.50. The van der Waals surface area contributed by atoms with Crippen molar-refractivity contribution in [1.29, 1.82) is 0 Å². The summed E-state index contributed by atoms with van der Waals surface area (Å²) < 4.78 is 0. The molecular weight excluding hydrogens is 256 g/mol. The molecule has 0 fully saturated rings. The largest absolute Gasteiger partial charge is 0.353 e. The van der Waals surface area contributed by atoms with Gasteiger partial charge >= 0.3 is 0 Å². The van der Waals surface area contributed by atoms with Gasteiger partial charge in [0.25, 0.3) is 0 Å². The zero-order valence-electron chi connectivity index (χ0n) is 11.6. The van der Waals surface area contributed by atoms with Crippen LogP contribution in [0.3, 0.4) is 0 Å². The predicted octanol–water partition coefficient (Wildman–Crippen LogP) is 4.48. The van der Waals surface area contributed by atoms with Crippen LogP contribution in [0.15, 0.2) is 54.6 Å². The molecule has 0 atom stereocenters. The fourth-order valence-electron chi connectivity index (χ4n) is 3.49. The van der Waals surface area contributed by atoms with E-state index in [1.165, 1.54) is 33.1 Å². The van der Waals surface area contributed by atoms with Gasteiger partial charge in [0.05, 0.1) is 16.9 Å². The number of aromatic amines is 1. The number of fused-ring (bicyclic) bond motifs is 6. The second-order valence-electron chi connectivity index (χ2n) is 5.71. The van der Waals surface area contributed by atoms with Gasteiger partial charge in [0, 0.05) is 16.3 Å². The number of rotatable bonds is 0. The normalized spacial score (nSPS) is 13.3. The molecule has 2 heterocycles. The molecule has 1 aliphatic rings. The summed E-state index contributed by atoms with van der Waals surface area (Å²) in [6.07, 6.45) is 2.16. The average molecular weight is 270 g/mol. The van der Waals surface area contributed by atoms with Crippen molar-refractivity contribution in [2.24, 2.45) is 0 Å². The summed E-state index contributed by atoms with van der Waals surface area (Å²) in [5, 5.41) is 2.57. The summed E-state index contributed by atoms with van der Waals surface area (Å²) in [5.41, 5.74) is 7.40. The van der Waals surface area contributed by atoms with Crippen molar-refractivity contribution < 1.29 is 0 Å². The van der Waals surface area contributed by atoms with Crippen LogP contribution in [0.2, 0.25) is 0 Å². The number of para-hydroxylation sites is 2. The van der Waals surface area contributed by atoms with Crippen molar-refractivity contribution in [3.05, 3.63) is 65.7 Å². The van der Waals surface area contributed by atoms with E-state index < -0.39 is 0 Å². The van der Waals surface area contributed by atoms with Crippen LogP contribution in [-0.2, 0) is 12.8 Å². The van der Waals surface area contributed by atoms with Gasteiger partial charge in [-0.15, -0.1) is 0 Å². The Labute approximate surface area is 122 Å². The molecule has 0 aliphatic heterocycles. The van der Waals surface area contributed by atoms with Crippen LogP contribution in [0, 0.1) is 0 Å². The number of aryl methyl sites for hydroxylation is 2. The van der Waals surface area contributed by atoms with Crippen molar-refractivity contribution in [1.82, 2.24) is 9.97 Å². The molecule has 2 aromatic heterocycles. The van der Waals surface area contributed by atoms with Crippen LogP contribution in [0.1, 0.15) is 11.1 Å². The van der Waals surface area contributed by atoms with E-state index >= 15 is 0 Å². The molecule has 0 spiro atoms. The van der Waals surface area contributed by atoms with Crippen molar-refractivity contribution in [2.75, 3.05) is 0 Å². The number of nitrogens with one attached hydrogen (secondary N) is 1. The first-order chi connectivity index (χ1) is 10.4. The van der Waals surface area contributed by atoms with Crippen LogP contribution in [-0.4, -0.2) is 9.97 Å². The molecule has 2 heteroatoms. The molecule has 0 unspecified atom stereocenters. The average Bonchev–Trinajstić information content (AvgIpc) is 2.92. The first-order valence-electron chi connectivity index (χ1n) is 7.39. The van der Waals surface area contributed by atoms with Crippen molar-refractivity contribution in [3.63, 3.8) is 0 Å². The van der Waals surface area contributed by atoms with Gasteiger partial charge in [-0.1, -0.05) is 36.4 Å². The van der Waals surface area contributed by atoms with Gasteiger partial charge in [-0.3, -0.25) is 0 Å². The van der Waals surface area contributed by atoms with Crippen molar-refractivity contribution in [3.8, 4) is 11.4 Å². The molecule has 100 valence electrons. The molecule has 4 aromatic rings. The molecule has 0 amide bonds. The number of nitrogens with zero attached hydrogens (tertiary/aromatic N) is 1. The standard InChI is InChI=1S/C19H14N2/c1-3-7-16-12(5-1)11-13-9-10-15-14-6-2-4-8-17(14)21-19(15)18(13)20-16/h1-8,11,21H,9-10H2. The van der Waals surface area contributed by atoms with Crippen LogP contribution in [0.5, 0.6) is 0 Å². The second kappa shape index (κ2) is 3.95. The minimum Gasteiger partial charge on any atom is -0.353 e. The third kappa shape index (κ3) is 1.50. The zero-order valence-corrected chi connectivity index (χ0v) is 11.6. The highest BCUT2D eigenvalue weighted by molar-refractivity contribution is 5.93. The zero-order chi connectivity index (χ0) is 13.8. The Hall–Kier alpha value is -2.61. The lowest BCUT2D eigenvalue weighted by Crippen LogP contribution is -2.05. The van der Waals surface area contributed by atoms with E-state index in [0.29, 0.717) is 0 Å². The molecule has 0 saturated carbocycles. The smallest absolute Gasteiger partial charge is 0.0907 e. The van der Waals surface area contributed by atoms with Gasteiger partial charge in [0.15, 0.2) is 0 Å². The van der Waals surface area contributed by atoms with Crippen molar-refractivity contribution >= 4 is 21.8 Å². The molecule has 2 nitrogen and oxygen atoms in total. The maximum atomic E-state index is 4.92. The number of benzene rings is 2. The summed E-state index contributed by atoms with van der Waals surface area (Å²) in [7, 11) is 0. The molecule has 0 bridgehead atoms. The Bertz CT molecular complexity index is 995. The van der Waals surface area contributed by atoms with Crippen LogP contribution < -0.4 is 0 Å². The van der Waals surface area contributed by atoms with Crippen LogP contribution in [0.25, 0.3) is 33.2 Å². The van der Waals surface area contributed by atoms with Crippen LogP contribution >= 0.6 is 0 Å². The lowest BCUT2D eigenvalue weighted by molar-refractivity contribution is 0.937. The first kappa shape index (κ1) is 11.1. The Morgan fingerprint density at radius 1 is 0.905 bits per heavy atom. The molecular formula is C19H14N2. The van der Waals surface area contributed by atoms with Gasteiger partial charge in [-0.2, -0.15) is 0 Å². The molecule has 1 aliphatic carbocycles. The monoisotopic (exact) mass is 270 g/mol. The van der Waals surface area contributed by atoms with E-state index in [9.17, 15) is 0 Å². The SMILES string of the molecule is c1ccc2nc3c(cc2c1)CCc1c-3[nH]c2ccccc12. The summed E-state index contributed by atoms with van der Waals surface area (Å²) in [5.74, 6) is 0. The minimum absolute atomic E-state index is 1.07. The lowest BCUT2D eigenvalue weighted by Gasteiger charge is -2.16. The van der Waals surface area contributed by atoms with Gasteiger partial charge in [-0.05, 0) is 42.2 Å². The Morgan fingerprint density at radius 3 is 2.76 bits per heavy atom. The third-order valence-electron chi connectivity index (χ3n) is 4.50. The van der Waals surface area contributed by atoms with E-state index in [0.717, 1.165) is 24.1 Å². The van der Waals surface area contributed by atoms with Gasteiger partial charge in [0.2, 0.25) is 0 Å². The number of hydrogen-bond donors (Lipinski definition) is 1. The predicted molar refractivity (Wildman–Crippen MR) is 86.4 cm³/mol. The third-order valence-corrected chi connectivity index (χ3v) is 4.50. The Morgan fingerprint density at radius 2 is 1.76 bits per heavy atom. The van der Waals surface area contributed by atoms with Gasteiger partial charge in [0.1, 0.15) is 0 Å². The molecule has 2 aromatic carbocycles. The van der Waals surface area contributed by atoms with Gasteiger partial charge < -0.3 is 4.98 Å². The maximum Gasteiger partial charge on any atom is 0.0907 e. The Kier molecular flexibility index (Phi) is 2.09. The van der Waals surface area contributed by atoms with E-state index in [-0.39, 0.29) is 0 Å². The summed E-state index contributed by atoms with van der Waals surface area (Å²) >= 11 is 0. The quantitative estimate of drug-likeness (QED) is 0.501. The van der Waals surface area contributed by atoms with E-state index in [2.05, 4.69) is 59.6 Å². The second-order valence-corrected chi connectivity index (χ2v) is 5.71. The topological polar surface area (TPSA) is 28.7 Å². The van der Waals surface area contributed by atoms with Crippen LogP contribution in [0.4, 0.5) is 0 Å². The Balaban J connectivity index is 1.87. The lowest BCUT2D eigenvalue weighted by atomic mass is 9.91. The number of pyridine rings is 1. The number of hydrogen-bond acceptors (Lipinski definition) is 1. The first-order valence-corrected chi connectivity index (χ1v) is 7.39. The van der Waals surface area contributed by atoms with E-state index in [4.69, 9.17) is 4.98 Å². The number of aromatic nitrogens is 2. The van der Waals surface area contributed by atoms with E-state index in [1.54, 1.807) is 0 Å². The molecule has 0 radical (unpaired) electrons. The highest BCUT2D eigenvalue weighted by Gasteiger charge is 2.22. The molecule has 0 saturated heterocycles. The number of H-pyrrole nitrogens is 1. The summed E-state index contributed by atoms with van der Waals surface area (Å²) in [6, 6.07) is 19.2. The van der Waals surface area contributed by atoms with Crippen molar-refractivity contribution in [2.45, 2.75) is 12.8 Å². The minimum atomic E-state index is 1.07. The highest BCUT2D eigenvalue weighted by atomic mass is 14.8. The fraction of sp³-hybridized carbons (Fsp3) is 0.105. The molecule has 21 heavy (non-hydrogen) atoms. The molecule has 5 rings (SSSR count). The summed E-state index contributed by atoms with van der Waals surface area (Å²) in [6.45, 7) is 0. The maximum absolute atomic E-state index is 4.92. The van der Waals surface area contributed by atoms with E-state index in [1.807, 2.05) is 0 Å². The highest BCUT2D eigenvalue weighted by Crippen LogP contribution is 2.37. The van der Waals surface area contributed by atoms with Gasteiger partial charge in [-0.25, -0.2) is 4.98 Å². The molecule has 1 N–H and O–H groups in total. The fourth-order valence-corrected chi connectivity index (χ4v) is 3.49.